The molecule has 3 nitrogen and oxygen atoms in total. The number of hydrogen-bond acceptors (Lipinski definition) is 2. The summed E-state index contributed by atoms with van der Waals surface area (Å²) in [5, 5.41) is 8.86. The summed E-state index contributed by atoms with van der Waals surface area (Å²) >= 11 is 0. The molecule has 0 amide bonds. The first-order valence-corrected chi connectivity index (χ1v) is 5.02. The van der Waals surface area contributed by atoms with Crippen molar-refractivity contribution in [2.75, 3.05) is 6.61 Å². The van der Waals surface area contributed by atoms with E-state index in [2.05, 4.69) is 0 Å². The zero-order chi connectivity index (χ0) is 11.4. The molecule has 0 saturated carbocycles. The highest BCUT2D eigenvalue weighted by atomic mass is 16.5. The summed E-state index contributed by atoms with van der Waals surface area (Å²) in [5.41, 5.74) is -0.769. The van der Waals surface area contributed by atoms with Crippen molar-refractivity contribution >= 4 is 5.97 Å². The Bertz CT molecular complexity index is 189. The molecule has 0 unspecified atom stereocenters. The lowest BCUT2D eigenvalue weighted by atomic mass is 9.88. The van der Waals surface area contributed by atoms with Gasteiger partial charge in [-0.1, -0.05) is 0 Å². The summed E-state index contributed by atoms with van der Waals surface area (Å²) in [6, 6.07) is 0. The maximum Gasteiger partial charge on any atom is 0.309 e. The lowest BCUT2D eigenvalue weighted by Crippen LogP contribution is -2.25. The van der Waals surface area contributed by atoms with Crippen LogP contribution in [0.25, 0.3) is 0 Å². The van der Waals surface area contributed by atoms with Crippen molar-refractivity contribution in [3.05, 3.63) is 0 Å². The van der Waals surface area contributed by atoms with E-state index >= 15 is 0 Å². The monoisotopic (exact) mass is 202 g/mol. The first-order valence-electron chi connectivity index (χ1n) is 5.02. The predicted molar refractivity (Wildman–Crippen MR) is 56.4 cm³/mol. The second-order valence-corrected chi connectivity index (χ2v) is 5.25. The molecule has 84 valence electrons. The van der Waals surface area contributed by atoms with Crippen LogP contribution in [0.15, 0.2) is 0 Å². The van der Waals surface area contributed by atoms with Gasteiger partial charge in [-0.2, -0.15) is 0 Å². The van der Waals surface area contributed by atoms with Crippen molar-refractivity contribution in [1.29, 1.82) is 0 Å². The quantitative estimate of drug-likeness (QED) is 0.697. The second kappa shape index (κ2) is 4.78. The molecule has 0 heterocycles. The molecule has 0 saturated heterocycles. The number of carbonyl (C=O) groups is 1. The molecule has 0 rings (SSSR count). The van der Waals surface area contributed by atoms with Crippen molar-refractivity contribution in [1.82, 2.24) is 0 Å². The van der Waals surface area contributed by atoms with Gasteiger partial charge in [-0.3, -0.25) is 4.79 Å². The number of rotatable bonds is 5. The topological polar surface area (TPSA) is 46.5 Å². The molecular formula is C11H22O3. The van der Waals surface area contributed by atoms with Gasteiger partial charge in [0.25, 0.3) is 0 Å². The molecule has 0 aliphatic rings. The van der Waals surface area contributed by atoms with Crippen LogP contribution < -0.4 is 0 Å². The van der Waals surface area contributed by atoms with E-state index in [0.717, 1.165) is 6.42 Å². The Labute approximate surface area is 86.5 Å². The van der Waals surface area contributed by atoms with Crippen LogP contribution in [0.2, 0.25) is 0 Å². The van der Waals surface area contributed by atoms with E-state index in [4.69, 9.17) is 9.84 Å². The second-order valence-electron chi connectivity index (χ2n) is 5.25. The third-order valence-corrected chi connectivity index (χ3v) is 2.06. The largest absolute Gasteiger partial charge is 0.481 e. The minimum Gasteiger partial charge on any atom is -0.481 e. The van der Waals surface area contributed by atoms with Crippen LogP contribution in [0.3, 0.4) is 0 Å². The molecule has 0 spiro atoms. The van der Waals surface area contributed by atoms with Crippen LogP contribution in [-0.2, 0) is 9.53 Å². The normalized spacial score (nSPS) is 12.9. The summed E-state index contributed by atoms with van der Waals surface area (Å²) in [6.45, 7) is 10.1. The van der Waals surface area contributed by atoms with Crippen LogP contribution in [-0.4, -0.2) is 23.3 Å². The van der Waals surface area contributed by atoms with E-state index in [0.29, 0.717) is 13.0 Å². The molecular weight excluding hydrogens is 180 g/mol. The van der Waals surface area contributed by atoms with Crippen molar-refractivity contribution in [2.45, 2.75) is 53.1 Å². The van der Waals surface area contributed by atoms with Crippen LogP contribution in [0.5, 0.6) is 0 Å². The fraction of sp³-hybridized carbons (Fsp3) is 0.909. The van der Waals surface area contributed by atoms with Gasteiger partial charge in [0.15, 0.2) is 0 Å². The van der Waals surface area contributed by atoms with Gasteiger partial charge in [0.1, 0.15) is 0 Å². The Morgan fingerprint density at radius 1 is 1.21 bits per heavy atom. The standard InChI is InChI=1S/C11H22O3/c1-10(2,3)14-8-6-7-11(4,5)9(12)13/h6-8H2,1-5H3,(H,12,13). The van der Waals surface area contributed by atoms with E-state index in [1.165, 1.54) is 0 Å². The molecule has 0 aliphatic heterocycles. The average molecular weight is 202 g/mol. The molecule has 1 N–H and O–H groups in total. The molecule has 0 aromatic carbocycles. The molecule has 0 atom stereocenters. The Kier molecular flexibility index (Phi) is 4.59. The Hall–Kier alpha value is -0.570. The molecule has 3 heteroatoms. The Morgan fingerprint density at radius 2 is 1.71 bits per heavy atom. The van der Waals surface area contributed by atoms with Crippen molar-refractivity contribution in [2.24, 2.45) is 5.41 Å². The van der Waals surface area contributed by atoms with E-state index in [-0.39, 0.29) is 5.60 Å². The van der Waals surface area contributed by atoms with E-state index in [9.17, 15) is 4.79 Å². The third-order valence-electron chi connectivity index (χ3n) is 2.06. The van der Waals surface area contributed by atoms with Gasteiger partial charge in [-0.25, -0.2) is 0 Å². The molecule has 0 bridgehead atoms. The first kappa shape index (κ1) is 13.4. The van der Waals surface area contributed by atoms with Crippen LogP contribution in [0, 0.1) is 5.41 Å². The van der Waals surface area contributed by atoms with Crippen molar-refractivity contribution in [3.8, 4) is 0 Å². The maximum atomic E-state index is 10.8. The summed E-state index contributed by atoms with van der Waals surface area (Å²) in [6.07, 6.45) is 1.44. The van der Waals surface area contributed by atoms with Gasteiger partial charge >= 0.3 is 5.97 Å². The van der Waals surface area contributed by atoms with Crippen molar-refractivity contribution in [3.63, 3.8) is 0 Å². The van der Waals surface area contributed by atoms with Gasteiger partial charge in [-0.15, -0.1) is 0 Å². The van der Waals surface area contributed by atoms with E-state index in [1.807, 2.05) is 20.8 Å². The number of carboxylic acids is 1. The average Bonchev–Trinajstić information content (AvgIpc) is 1.96. The fourth-order valence-electron chi connectivity index (χ4n) is 0.999. The highest BCUT2D eigenvalue weighted by Crippen LogP contribution is 2.22. The van der Waals surface area contributed by atoms with Gasteiger partial charge in [0, 0.05) is 6.61 Å². The summed E-state index contributed by atoms with van der Waals surface area (Å²) in [7, 11) is 0. The van der Waals surface area contributed by atoms with Gasteiger partial charge in [0.2, 0.25) is 0 Å². The highest BCUT2D eigenvalue weighted by Gasteiger charge is 2.26. The van der Waals surface area contributed by atoms with Crippen LogP contribution >= 0.6 is 0 Å². The molecule has 0 aliphatic carbocycles. The number of aliphatic carboxylic acids is 1. The minimum absolute atomic E-state index is 0.132. The van der Waals surface area contributed by atoms with Crippen LogP contribution in [0.4, 0.5) is 0 Å². The molecule has 0 radical (unpaired) electrons. The highest BCUT2D eigenvalue weighted by molar-refractivity contribution is 5.73. The lowest BCUT2D eigenvalue weighted by molar-refractivity contribution is -0.147. The smallest absolute Gasteiger partial charge is 0.309 e. The third kappa shape index (κ3) is 5.97. The number of carboxylic acid groups (broad SMARTS) is 1. The number of hydrogen-bond donors (Lipinski definition) is 1. The Morgan fingerprint density at radius 3 is 2.07 bits per heavy atom. The van der Waals surface area contributed by atoms with E-state index in [1.54, 1.807) is 13.8 Å². The predicted octanol–water partition coefficient (Wildman–Crippen LogP) is 2.69. The van der Waals surface area contributed by atoms with Gasteiger partial charge < -0.3 is 9.84 Å². The zero-order valence-electron chi connectivity index (χ0n) is 9.89. The minimum atomic E-state index is -0.742. The maximum absolute atomic E-state index is 10.8. The van der Waals surface area contributed by atoms with E-state index < -0.39 is 11.4 Å². The SMILES string of the molecule is CC(C)(C)OCCCC(C)(C)C(=O)O. The molecule has 0 fully saturated rings. The summed E-state index contributed by atoms with van der Waals surface area (Å²) < 4.78 is 5.51. The van der Waals surface area contributed by atoms with Gasteiger partial charge in [0.05, 0.1) is 11.0 Å². The molecule has 0 aromatic rings. The van der Waals surface area contributed by atoms with Gasteiger partial charge in [-0.05, 0) is 47.5 Å². The summed E-state index contributed by atoms with van der Waals surface area (Å²) in [5.74, 6) is -0.742. The lowest BCUT2D eigenvalue weighted by Gasteiger charge is -2.22. The van der Waals surface area contributed by atoms with Crippen molar-refractivity contribution < 1.29 is 14.6 Å². The van der Waals surface area contributed by atoms with Crippen LogP contribution in [0.1, 0.15) is 47.5 Å². The number of ether oxygens (including phenoxy) is 1. The molecule has 14 heavy (non-hydrogen) atoms. The Balaban J connectivity index is 3.70. The summed E-state index contributed by atoms with van der Waals surface area (Å²) in [4.78, 5) is 10.8. The fourth-order valence-corrected chi connectivity index (χ4v) is 0.999. The zero-order valence-corrected chi connectivity index (χ0v) is 9.89. The first-order chi connectivity index (χ1) is 6.15. The molecule has 0 aromatic heterocycles.